The van der Waals surface area contributed by atoms with Gasteiger partial charge in [0.25, 0.3) is 5.79 Å². The molecule has 6 heterocycles. The zero-order valence-corrected chi connectivity index (χ0v) is 34.2. The minimum atomic E-state index is -2.77. The number of nitrogens with two attached hydrogens (primary N) is 1. The molecular weight excluding hydrogens is 805 g/mol. The number of nitrogen functional groups attached to an aromatic ring is 1. The summed E-state index contributed by atoms with van der Waals surface area (Å²) in [5.41, 5.74) is 2.85. The summed E-state index contributed by atoms with van der Waals surface area (Å²) in [5, 5.41) is 31.2. The van der Waals surface area contributed by atoms with Gasteiger partial charge in [-0.15, -0.1) is 5.10 Å². The van der Waals surface area contributed by atoms with Gasteiger partial charge in [0.1, 0.15) is 30.4 Å². The lowest BCUT2D eigenvalue weighted by Crippen LogP contribution is -2.51. The van der Waals surface area contributed by atoms with E-state index in [-0.39, 0.29) is 45.2 Å². The average Bonchev–Trinajstić information content (AvgIpc) is 3.97. The second kappa shape index (κ2) is 16.1. The van der Waals surface area contributed by atoms with Gasteiger partial charge >= 0.3 is 11.9 Å². The molecule has 8 rings (SSSR count). The van der Waals surface area contributed by atoms with Gasteiger partial charge in [-0.05, 0) is 57.7 Å². The van der Waals surface area contributed by atoms with Crippen molar-refractivity contribution in [3.63, 3.8) is 0 Å². The van der Waals surface area contributed by atoms with Crippen molar-refractivity contribution in [2.45, 2.75) is 87.4 Å². The van der Waals surface area contributed by atoms with Crippen LogP contribution in [-0.4, -0.2) is 104 Å². The second-order valence-corrected chi connectivity index (χ2v) is 15.5. The molecule has 2 aromatic carbocycles. The molecule has 4 aromatic heterocycles. The number of ether oxygens (including phenoxy) is 4. The van der Waals surface area contributed by atoms with Crippen molar-refractivity contribution in [1.82, 2.24) is 39.2 Å². The number of halogens is 2. The lowest BCUT2D eigenvalue weighted by molar-refractivity contribution is -0.256. The highest BCUT2D eigenvalue weighted by molar-refractivity contribution is 7.98. The first-order valence-electron chi connectivity index (χ1n) is 18.9. The molecule has 17 nitrogen and oxygen atoms in total. The maximum absolute atomic E-state index is 16.8. The molecule has 60 heavy (non-hydrogen) atoms. The quantitative estimate of drug-likeness (QED) is 0.134. The van der Waals surface area contributed by atoms with Crippen molar-refractivity contribution in [3.05, 3.63) is 108 Å². The van der Waals surface area contributed by atoms with Crippen LogP contribution in [0.2, 0.25) is 0 Å². The van der Waals surface area contributed by atoms with Gasteiger partial charge in [-0.1, -0.05) is 62.0 Å². The number of nitrogens with zero attached hydrogens (tertiary/aromatic N) is 8. The van der Waals surface area contributed by atoms with Crippen LogP contribution >= 0.6 is 11.8 Å². The van der Waals surface area contributed by atoms with Crippen LogP contribution in [0.4, 0.5) is 14.6 Å². The van der Waals surface area contributed by atoms with Crippen LogP contribution in [-0.2, 0) is 30.5 Å². The zero-order valence-electron chi connectivity index (χ0n) is 33.4. The summed E-state index contributed by atoms with van der Waals surface area (Å²) in [4.78, 5) is 42.0. The Morgan fingerprint density at radius 1 is 0.867 bits per heavy atom. The SMILES string of the molecule is CC[C@H]1OC(O)(c2cnc3c(C)ncnn23)[C@](C)(F)[C@@H]1C.CSc1nc(N)c2ncc(C3(O)O[C@H](COC(=O)c4ccccc4)[C@@H](OC(=O)c4ccccc4)[C@@]3(C)F)n2n1. The molecule has 0 saturated carbocycles. The van der Waals surface area contributed by atoms with Gasteiger partial charge in [0.2, 0.25) is 16.6 Å². The molecule has 2 aliphatic rings. The average molecular weight is 848 g/mol. The van der Waals surface area contributed by atoms with Gasteiger partial charge in [0, 0.05) is 5.92 Å². The number of carbonyl (C=O) groups is 2. The Morgan fingerprint density at radius 2 is 1.43 bits per heavy atom. The van der Waals surface area contributed by atoms with Crippen LogP contribution in [0.3, 0.4) is 0 Å². The Kier molecular flexibility index (Phi) is 11.4. The number of imidazole rings is 2. The van der Waals surface area contributed by atoms with Crippen molar-refractivity contribution in [2.75, 3.05) is 18.6 Å². The third kappa shape index (κ3) is 7.10. The van der Waals surface area contributed by atoms with E-state index in [2.05, 4.69) is 30.1 Å². The van der Waals surface area contributed by atoms with Gasteiger partial charge in [-0.25, -0.2) is 47.3 Å². The van der Waals surface area contributed by atoms with E-state index in [9.17, 15) is 19.8 Å². The van der Waals surface area contributed by atoms with Crippen molar-refractivity contribution in [2.24, 2.45) is 5.92 Å². The van der Waals surface area contributed by atoms with Crippen LogP contribution in [0, 0.1) is 12.8 Å². The fourth-order valence-electron chi connectivity index (χ4n) is 7.33. The number of hydrogen-bond donors (Lipinski definition) is 3. The minimum Gasteiger partial charge on any atom is -0.459 e. The summed E-state index contributed by atoms with van der Waals surface area (Å²) >= 11 is 1.17. The molecule has 316 valence electrons. The number of aromatic nitrogens is 8. The van der Waals surface area contributed by atoms with E-state index in [1.165, 1.54) is 47.9 Å². The molecule has 2 saturated heterocycles. The van der Waals surface area contributed by atoms with Gasteiger partial charge in [0.05, 0.1) is 35.3 Å². The zero-order chi connectivity index (χ0) is 43.2. The van der Waals surface area contributed by atoms with E-state index in [1.807, 2.05) is 6.92 Å². The van der Waals surface area contributed by atoms with Crippen LogP contribution in [0.25, 0.3) is 11.3 Å². The highest BCUT2D eigenvalue weighted by Gasteiger charge is 2.69. The fraction of sp³-hybridized carbons (Fsp3) is 0.400. The van der Waals surface area contributed by atoms with E-state index in [0.29, 0.717) is 17.8 Å². The van der Waals surface area contributed by atoms with Crippen LogP contribution < -0.4 is 5.73 Å². The number of benzene rings is 2. The first-order chi connectivity index (χ1) is 28.5. The van der Waals surface area contributed by atoms with Gasteiger partial charge < -0.3 is 34.9 Å². The first kappa shape index (κ1) is 42.5. The van der Waals surface area contributed by atoms with Crippen LogP contribution in [0.15, 0.2) is 84.5 Å². The predicted octanol–water partition coefficient (Wildman–Crippen LogP) is 4.53. The Bertz CT molecular complexity index is 2530. The molecule has 0 amide bonds. The number of aryl methyl sites for hydroxylation is 1. The van der Waals surface area contributed by atoms with Crippen molar-refractivity contribution in [1.29, 1.82) is 0 Å². The lowest BCUT2D eigenvalue weighted by Gasteiger charge is -2.32. The third-order valence-corrected chi connectivity index (χ3v) is 11.6. The van der Waals surface area contributed by atoms with Crippen LogP contribution in [0.5, 0.6) is 0 Å². The molecule has 20 heteroatoms. The molecular formula is C40H43F2N9O8S. The number of hydrogen-bond acceptors (Lipinski definition) is 16. The summed E-state index contributed by atoms with van der Waals surface area (Å²) in [5.74, 6) is -6.82. The molecule has 2 aliphatic heterocycles. The van der Waals surface area contributed by atoms with E-state index in [1.54, 1.807) is 68.6 Å². The monoisotopic (exact) mass is 847 g/mol. The number of carbonyl (C=O) groups excluding carboxylic acids is 2. The Morgan fingerprint density at radius 3 is 2.03 bits per heavy atom. The molecule has 8 atom stereocenters. The summed E-state index contributed by atoms with van der Waals surface area (Å²) in [7, 11) is 0. The van der Waals surface area contributed by atoms with Gasteiger partial charge in [0.15, 0.2) is 28.9 Å². The molecule has 0 bridgehead atoms. The standard InChI is InChI=1S/C26H24FN5O6S.C14H19FN4O2/c1-25(27)19(37-23(34)16-11-7-4-8-12-16)17(14-36-22(33)15-9-5-3-6-10-15)38-26(25,35)18-13-29-21-20(28)30-24(39-2)31-32(18)21;1-5-10-8(2)13(4,15)14(20,21-10)11-6-16-12-9(3)17-7-18-19(11)12/h3-13,17,19,35H,14H2,1-2H3,(H2,28,30,31);6-8,10,20H,5H2,1-4H3/t17-,19-,25-,26?;8-,10-,13-,14?/m11/s1. The number of thioether (sulfide) groups is 1. The molecule has 0 aliphatic carbocycles. The molecule has 2 unspecified atom stereocenters. The highest BCUT2D eigenvalue weighted by Crippen LogP contribution is 2.52. The molecule has 4 N–H and O–H groups in total. The van der Waals surface area contributed by atoms with E-state index < -0.39 is 59.6 Å². The number of rotatable bonds is 9. The van der Waals surface area contributed by atoms with Crippen molar-refractivity contribution < 1.29 is 47.5 Å². The first-order valence-corrected chi connectivity index (χ1v) is 20.1. The van der Waals surface area contributed by atoms with Crippen molar-refractivity contribution in [3.8, 4) is 0 Å². The van der Waals surface area contributed by atoms with Crippen LogP contribution in [0.1, 0.15) is 71.9 Å². The Labute approximate surface area is 346 Å². The molecule has 6 aromatic rings. The normalized spacial score (nSPS) is 28.7. The summed E-state index contributed by atoms with van der Waals surface area (Å²) in [6.45, 7) is 7.28. The maximum atomic E-state index is 16.8. The third-order valence-electron chi connectivity index (χ3n) is 11.0. The maximum Gasteiger partial charge on any atom is 0.338 e. The smallest absolute Gasteiger partial charge is 0.338 e. The highest BCUT2D eigenvalue weighted by atomic mass is 32.2. The summed E-state index contributed by atoms with van der Waals surface area (Å²) < 4.78 is 56.9. The summed E-state index contributed by atoms with van der Waals surface area (Å²) in [6.07, 6.45) is 2.76. The molecule has 2 fully saturated rings. The van der Waals surface area contributed by atoms with Gasteiger partial charge in [-0.3, -0.25) is 0 Å². The summed E-state index contributed by atoms with van der Waals surface area (Å²) in [6, 6.07) is 16.1. The number of anilines is 1. The van der Waals surface area contributed by atoms with E-state index >= 15 is 8.78 Å². The minimum absolute atomic E-state index is 0.00292. The lowest BCUT2D eigenvalue weighted by atomic mass is 9.83. The Balaban J connectivity index is 0.000000218. The van der Waals surface area contributed by atoms with E-state index in [4.69, 9.17) is 24.7 Å². The molecule has 0 spiro atoms. The topological polar surface area (TPSA) is 224 Å². The molecule has 0 radical (unpaired) electrons. The largest absolute Gasteiger partial charge is 0.459 e. The fourth-order valence-corrected chi connectivity index (χ4v) is 7.69. The number of esters is 2. The number of fused-ring (bicyclic) bond motifs is 2. The number of aliphatic hydroxyl groups is 2. The second-order valence-electron chi connectivity index (χ2n) is 14.7. The van der Waals surface area contributed by atoms with E-state index in [0.717, 1.165) is 17.6 Å². The van der Waals surface area contributed by atoms with Crippen molar-refractivity contribution >= 4 is 40.8 Å². The predicted molar refractivity (Wildman–Crippen MR) is 211 cm³/mol. The Hall–Kier alpha value is -5.67. The van der Waals surface area contributed by atoms with Gasteiger partial charge in [-0.2, -0.15) is 5.10 Å². The number of alkyl halides is 2.